The van der Waals surface area contributed by atoms with Gasteiger partial charge in [-0.1, -0.05) is 59.9 Å². The average Bonchev–Trinajstić information content (AvgIpc) is 3.04. The van der Waals surface area contributed by atoms with Gasteiger partial charge in [-0.05, 0) is 25.7 Å². The number of esters is 1. The molecule has 0 saturated heterocycles. The van der Waals surface area contributed by atoms with Crippen molar-refractivity contribution in [2.45, 2.75) is 42.5 Å². The molecule has 0 atom stereocenters. The van der Waals surface area contributed by atoms with Crippen molar-refractivity contribution in [3.63, 3.8) is 0 Å². The molecular formula is C16H18N2O2S2. The minimum atomic E-state index is -0.145. The predicted octanol–water partition coefficient (Wildman–Crippen LogP) is 4.17. The highest BCUT2D eigenvalue weighted by Crippen LogP contribution is 2.29. The van der Waals surface area contributed by atoms with E-state index in [2.05, 4.69) is 10.2 Å². The Bertz CT molecular complexity index is 610. The maximum atomic E-state index is 11.9. The predicted molar refractivity (Wildman–Crippen MR) is 89.0 cm³/mol. The number of hydrogen-bond donors (Lipinski definition) is 0. The number of hydrogen-bond acceptors (Lipinski definition) is 6. The number of carbonyl (C=O) groups excluding carboxylic acids is 1. The lowest BCUT2D eigenvalue weighted by molar-refractivity contribution is -0.147. The highest BCUT2D eigenvalue weighted by Gasteiger charge is 2.18. The van der Waals surface area contributed by atoms with Crippen molar-refractivity contribution in [3.05, 3.63) is 30.3 Å². The Morgan fingerprint density at radius 3 is 2.73 bits per heavy atom. The Hall–Kier alpha value is -1.40. The van der Waals surface area contributed by atoms with Gasteiger partial charge in [-0.3, -0.25) is 4.79 Å². The van der Waals surface area contributed by atoms with Crippen molar-refractivity contribution in [3.8, 4) is 10.6 Å². The molecule has 0 amide bonds. The monoisotopic (exact) mass is 334 g/mol. The smallest absolute Gasteiger partial charge is 0.316 e. The minimum absolute atomic E-state index is 0.121. The third-order valence-electron chi connectivity index (χ3n) is 3.59. The molecule has 116 valence electrons. The van der Waals surface area contributed by atoms with Gasteiger partial charge in [0.2, 0.25) is 0 Å². The first kappa shape index (κ1) is 15.5. The molecule has 1 aliphatic rings. The summed E-state index contributed by atoms with van der Waals surface area (Å²) in [5.41, 5.74) is 1.05. The third-order valence-corrected chi connectivity index (χ3v) is 5.67. The summed E-state index contributed by atoms with van der Waals surface area (Å²) >= 11 is 2.91. The summed E-state index contributed by atoms with van der Waals surface area (Å²) in [6.45, 7) is 0. The molecule has 0 bridgehead atoms. The SMILES string of the molecule is O=C(CSc1nnc(-c2ccccc2)s1)OC1CCCCC1. The third kappa shape index (κ3) is 4.30. The molecule has 4 nitrogen and oxygen atoms in total. The number of nitrogens with zero attached hydrogens (tertiary/aromatic N) is 2. The van der Waals surface area contributed by atoms with Crippen molar-refractivity contribution >= 4 is 29.1 Å². The van der Waals surface area contributed by atoms with Gasteiger partial charge in [0.1, 0.15) is 11.1 Å². The van der Waals surface area contributed by atoms with Crippen LogP contribution in [0, 0.1) is 0 Å². The van der Waals surface area contributed by atoms with Crippen LogP contribution in [0.25, 0.3) is 10.6 Å². The van der Waals surface area contributed by atoms with Crippen LogP contribution < -0.4 is 0 Å². The van der Waals surface area contributed by atoms with Crippen molar-refractivity contribution < 1.29 is 9.53 Å². The first-order valence-corrected chi connectivity index (χ1v) is 9.33. The topological polar surface area (TPSA) is 52.1 Å². The van der Waals surface area contributed by atoms with E-state index in [1.165, 1.54) is 42.4 Å². The Morgan fingerprint density at radius 2 is 1.95 bits per heavy atom. The fourth-order valence-electron chi connectivity index (χ4n) is 2.49. The Morgan fingerprint density at radius 1 is 1.18 bits per heavy atom. The van der Waals surface area contributed by atoms with Crippen molar-refractivity contribution in [1.82, 2.24) is 10.2 Å². The van der Waals surface area contributed by atoms with Gasteiger partial charge in [0.15, 0.2) is 4.34 Å². The number of carbonyl (C=O) groups is 1. The van der Waals surface area contributed by atoms with Crippen molar-refractivity contribution in [2.75, 3.05) is 5.75 Å². The van der Waals surface area contributed by atoms with Gasteiger partial charge >= 0.3 is 5.97 Å². The van der Waals surface area contributed by atoms with Crippen LogP contribution in [0.3, 0.4) is 0 Å². The second kappa shape index (κ2) is 7.74. The highest BCUT2D eigenvalue weighted by molar-refractivity contribution is 8.01. The molecule has 1 heterocycles. The first-order valence-electron chi connectivity index (χ1n) is 7.52. The lowest BCUT2D eigenvalue weighted by Crippen LogP contribution is -2.21. The van der Waals surface area contributed by atoms with Crippen LogP contribution in [-0.4, -0.2) is 28.0 Å². The summed E-state index contributed by atoms with van der Waals surface area (Å²) < 4.78 is 6.31. The minimum Gasteiger partial charge on any atom is -0.462 e. The van der Waals surface area contributed by atoms with E-state index in [-0.39, 0.29) is 12.1 Å². The quantitative estimate of drug-likeness (QED) is 0.606. The summed E-state index contributed by atoms with van der Waals surface area (Å²) in [6, 6.07) is 9.94. The van der Waals surface area contributed by atoms with Gasteiger partial charge < -0.3 is 4.74 Å². The van der Waals surface area contributed by atoms with Crippen LogP contribution in [0.15, 0.2) is 34.7 Å². The number of thioether (sulfide) groups is 1. The molecule has 0 aliphatic heterocycles. The lowest BCUT2D eigenvalue weighted by atomic mass is 9.98. The van der Waals surface area contributed by atoms with Crippen LogP contribution in [0.5, 0.6) is 0 Å². The van der Waals surface area contributed by atoms with Crippen LogP contribution in [0.2, 0.25) is 0 Å². The molecular weight excluding hydrogens is 316 g/mol. The van der Waals surface area contributed by atoms with Gasteiger partial charge in [-0.15, -0.1) is 10.2 Å². The van der Waals surface area contributed by atoms with E-state index in [1.807, 2.05) is 30.3 Å². The van der Waals surface area contributed by atoms with Crippen LogP contribution in [-0.2, 0) is 9.53 Å². The number of rotatable bonds is 5. The average molecular weight is 334 g/mol. The molecule has 0 N–H and O–H groups in total. The number of benzene rings is 1. The summed E-state index contributed by atoms with van der Waals surface area (Å²) in [7, 11) is 0. The van der Waals surface area contributed by atoms with Gasteiger partial charge in [-0.25, -0.2) is 0 Å². The van der Waals surface area contributed by atoms with E-state index in [0.29, 0.717) is 5.75 Å². The zero-order chi connectivity index (χ0) is 15.2. The zero-order valence-corrected chi connectivity index (χ0v) is 13.9. The van der Waals surface area contributed by atoms with Crippen LogP contribution in [0.4, 0.5) is 0 Å². The van der Waals surface area contributed by atoms with E-state index in [1.54, 1.807) is 0 Å². The molecule has 22 heavy (non-hydrogen) atoms. The summed E-state index contributed by atoms with van der Waals surface area (Å²) in [5.74, 6) is 0.160. The van der Waals surface area contributed by atoms with Crippen molar-refractivity contribution in [1.29, 1.82) is 0 Å². The van der Waals surface area contributed by atoms with Crippen LogP contribution >= 0.6 is 23.1 Å². The Labute approximate surface area is 138 Å². The molecule has 3 rings (SSSR count). The van der Waals surface area contributed by atoms with Gasteiger partial charge in [0.25, 0.3) is 0 Å². The van der Waals surface area contributed by atoms with E-state index < -0.39 is 0 Å². The second-order valence-corrected chi connectivity index (χ2v) is 7.48. The maximum Gasteiger partial charge on any atom is 0.316 e. The molecule has 6 heteroatoms. The molecule has 1 aromatic carbocycles. The molecule has 1 aliphatic carbocycles. The lowest BCUT2D eigenvalue weighted by Gasteiger charge is -2.21. The van der Waals surface area contributed by atoms with E-state index in [9.17, 15) is 4.79 Å². The first-order chi connectivity index (χ1) is 10.8. The second-order valence-electron chi connectivity index (χ2n) is 5.28. The molecule has 2 aromatic rings. The summed E-state index contributed by atoms with van der Waals surface area (Å²) in [6.07, 6.45) is 5.73. The van der Waals surface area contributed by atoms with E-state index in [0.717, 1.165) is 27.8 Å². The number of ether oxygens (including phenoxy) is 1. The maximum absolute atomic E-state index is 11.9. The standard InChI is InChI=1S/C16H18N2O2S2/c19-14(20-13-9-5-2-6-10-13)11-21-16-18-17-15(22-16)12-7-3-1-4-8-12/h1,3-4,7-8,13H,2,5-6,9-11H2. The summed E-state index contributed by atoms with van der Waals surface area (Å²) in [4.78, 5) is 11.9. The highest BCUT2D eigenvalue weighted by atomic mass is 32.2. The molecule has 1 fully saturated rings. The largest absolute Gasteiger partial charge is 0.462 e. The molecule has 1 aromatic heterocycles. The molecule has 1 saturated carbocycles. The van der Waals surface area contributed by atoms with Crippen LogP contribution in [0.1, 0.15) is 32.1 Å². The van der Waals surface area contributed by atoms with E-state index >= 15 is 0 Å². The molecule has 0 unspecified atom stereocenters. The van der Waals surface area contributed by atoms with Gasteiger partial charge in [0.05, 0.1) is 5.75 Å². The van der Waals surface area contributed by atoms with Gasteiger partial charge in [-0.2, -0.15) is 0 Å². The van der Waals surface area contributed by atoms with E-state index in [4.69, 9.17) is 4.74 Å². The Kier molecular flexibility index (Phi) is 5.45. The zero-order valence-electron chi connectivity index (χ0n) is 12.2. The molecule has 0 radical (unpaired) electrons. The fourth-order valence-corrected chi connectivity index (χ4v) is 4.13. The van der Waals surface area contributed by atoms with Gasteiger partial charge in [0, 0.05) is 5.56 Å². The fraction of sp³-hybridized carbons (Fsp3) is 0.438. The van der Waals surface area contributed by atoms with Crippen molar-refractivity contribution in [2.24, 2.45) is 0 Å². The number of aromatic nitrogens is 2. The molecule has 0 spiro atoms. The summed E-state index contributed by atoms with van der Waals surface area (Å²) in [5, 5.41) is 9.19. The normalized spacial score (nSPS) is 15.6. The Balaban J connectivity index is 1.49.